The van der Waals surface area contributed by atoms with E-state index in [2.05, 4.69) is 20.8 Å². The summed E-state index contributed by atoms with van der Waals surface area (Å²) in [6.07, 6.45) is 7.30. The van der Waals surface area contributed by atoms with Crippen molar-refractivity contribution < 1.29 is 4.79 Å². The quantitative estimate of drug-likeness (QED) is 0.619. The van der Waals surface area contributed by atoms with Crippen LogP contribution in [-0.4, -0.2) is 33.9 Å². The lowest BCUT2D eigenvalue weighted by molar-refractivity contribution is -0.121. The number of carbonyl (C=O) groups excluding carboxylic acids is 1. The summed E-state index contributed by atoms with van der Waals surface area (Å²) >= 11 is 2.99. The molecule has 0 aromatic carbocycles. The average molecular weight is 329 g/mol. The number of rotatable bonds is 6. The van der Waals surface area contributed by atoms with Crippen LogP contribution in [0.4, 0.5) is 5.13 Å². The first-order valence-electron chi connectivity index (χ1n) is 7.73. The van der Waals surface area contributed by atoms with Crippen LogP contribution < -0.4 is 10.6 Å². The van der Waals surface area contributed by atoms with E-state index in [0.717, 1.165) is 28.9 Å². The van der Waals surface area contributed by atoms with Gasteiger partial charge in [0.05, 0.1) is 5.25 Å². The van der Waals surface area contributed by atoms with Gasteiger partial charge in [-0.3, -0.25) is 4.79 Å². The van der Waals surface area contributed by atoms with Crippen molar-refractivity contribution in [2.45, 2.75) is 68.0 Å². The molecule has 1 aliphatic rings. The Bertz CT molecular complexity index is 444. The van der Waals surface area contributed by atoms with Crippen molar-refractivity contribution >= 4 is 34.1 Å². The minimum Gasteiger partial charge on any atom is -0.360 e. The maximum Gasteiger partial charge on any atom is 0.233 e. The fourth-order valence-electron chi connectivity index (χ4n) is 2.43. The van der Waals surface area contributed by atoms with Crippen molar-refractivity contribution in [2.75, 3.05) is 11.9 Å². The average Bonchev–Trinajstić information content (AvgIpc) is 2.73. The van der Waals surface area contributed by atoms with Gasteiger partial charge in [0, 0.05) is 12.6 Å². The summed E-state index contributed by atoms with van der Waals surface area (Å²) in [7, 11) is 0. The molecule has 1 aromatic rings. The highest BCUT2D eigenvalue weighted by atomic mass is 32.2. The van der Waals surface area contributed by atoms with Crippen LogP contribution in [0.2, 0.25) is 0 Å². The Morgan fingerprint density at radius 1 is 1.33 bits per heavy atom. The molecule has 1 aromatic heterocycles. The van der Waals surface area contributed by atoms with Crippen molar-refractivity contribution in [3.8, 4) is 0 Å². The third-order valence-corrected chi connectivity index (χ3v) is 5.65. The van der Waals surface area contributed by atoms with Crippen LogP contribution in [0, 0.1) is 0 Å². The first-order valence-corrected chi connectivity index (χ1v) is 9.43. The summed E-state index contributed by atoms with van der Waals surface area (Å²) in [6, 6.07) is 0.356. The number of anilines is 1. The fourth-order valence-corrected chi connectivity index (χ4v) is 4.40. The zero-order valence-corrected chi connectivity index (χ0v) is 14.4. The molecule has 0 unspecified atom stereocenters. The van der Waals surface area contributed by atoms with Crippen LogP contribution in [0.1, 0.15) is 52.4 Å². The number of nitrogens with zero attached hydrogens (tertiary/aromatic N) is 2. The SMILES string of the molecule is CCNc1nnc(S[C@@H](C)C(=O)NC2CCCCCC2)s1. The molecule has 0 radical (unpaired) electrons. The van der Waals surface area contributed by atoms with Crippen molar-refractivity contribution in [2.24, 2.45) is 0 Å². The van der Waals surface area contributed by atoms with Crippen molar-refractivity contribution in [3.63, 3.8) is 0 Å². The Balaban J connectivity index is 1.80. The maximum absolute atomic E-state index is 12.3. The van der Waals surface area contributed by atoms with E-state index >= 15 is 0 Å². The van der Waals surface area contributed by atoms with E-state index < -0.39 is 0 Å². The summed E-state index contributed by atoms with van der Waals surface area (Å²) in [5.74, 6) is 0.118. The first kappa shape index (κ1) is 16.5. The van der Waals surface area contributed by atoms with Crippen LogP contribution in [0.5, 0.6) is 0 Å². The molecule has 1 amide bonds. The van der Waals surface area contributed by atoms with Crippen LogP contribution >= 0.6 is 23.1 Å². The van der Waals surface area contributed by atoms with Crippen LogP contribution in [0.15, 0.2) is 4.34 Å². The number of carbonyl (C=O) groups is 1. The van der Waals surface area contributed by atoms with Crippen molar-refractivity contribution in [1.29, 1.82) is 0 Å². The Labute approximate surface area is 134 Å². The molecular formula is C14H24N4OS2. The molecule has 1 aliphatic carbocycles. The molecule has 2 N–H and O–H groups in total. The topological polar surface area (TPSA) is 66.9 Å². The van der Waals surface area contributed by atoms with Gasteiger partial charge in [0.25, 0.3) is 0 Å². The molecule has 1 atom stereocenters. The van der Waals surface area contributed by atoms with Gasteiger partial charge in [0.15, 0.2) is 4.34 Å². The van der Waals surface area contributed by atoms with Crippen LogP contribution in [-0.2, 0) is 4.79 Å². The van der Waals surface area contributed by atoms with E-state index in [1.54, 1.807) is 0 Å². The minimum atomic E-state index is -0.129. The van der Waals surface area contributed by atoms with E-state index in [9.17, 15) is 4.79 Å². The summed E-state index contributed by atoms with van der Waals surface area (Å²) in [5.41, 5.74) is 0. The molecule has 21 heavy (non-hydrogen) atoms. The van der Waals surface area contributed by atoms with Gasteiger partial charge in [-0.05, 0) is 26.7 Å². The zero-order chi connectivity index (χ0) is 15.1. The first-order chi connectivity index (χ1) is 10.2. The van der Waals surface area contributed by atoms with E-state index in [4.69, 9.17) is 0 Å². The summed E-state index contributed by atoms with van der Waals surface area (Å²) < 4.78 is 0.842. The molecular weight excluding hydrogens is 304 g/mol. The molecule has 1 heterocycles. The molecule has 118 valence electrons. The Morgan fingerprint density at radius 3 is 2.71 bits per heavy atom. The highest BCUT2D eigenvalue weighted by Gasteiger charge is 2.21. The summed E-state index contributed by atoms with van der Waals surface area (Å²) in [5, 5.41) is 15.2. The van der Waals surface area contributed by atoms with Gasteiger partial charge in [-0.15, -0.1) is 10.2 Å². The zero-order valence-electron chi connectivity index (χ0n) is 12.7. The van der Waals surface area contributed by atoms with Gasteiger partial charge in [-0.2, -0.15) is 0 Å². The third kappa shape index (κ3) is 5.47. The number of thioether (sulfide) groups is 1. The van der Waals surface area contributed by atoms with E-state index in [-0.39, 0.29) is 11.2 Å². The predicted molar refractivity (Wildman–Crippen MR) is 89.0 cm³/mol. The molecule has 0 spiro atoms. The van der Waals surface area contributed by atoms with Crippen molar-refractivity contribution in [3.05, 3.63) is 0 Å². The second kappa shape index (κ2) is 8.58. The van der Waals surface area contributed by atoms with Crippen LogP contribution in [0.3, 0.4) is 0 Å². The molecule has 2 rings (SSSR count). The van der Waals surface area contributed by atoms with Crippen molar-refractivity contribution in [1.82, 2.24) is 15.5 Å². The van der Waals surface area contributed by atoms with Gasteiger partial charge in [-0.25, -0.2) is 0 Å². The van der Waals surface area contributed by atoms with Gasteiger partial charge in [-0.1, -0.05) is 48.8 Å². The normalized spacial score (nSPS) is 18.0. The second-order valence-corrected chi connectivity index (χ2v) is 7.93. The number of hydrogen-bond acceptors (Lipinski definition) is 6. The molecule has 0 aliphatic heterocycles. The number of aromatic nitrogens is 2. The number of hydrogen-bond donors (Lipinski definition) is 2. The molecule has 0 saturated heterocycles. The Kier molecular flexibility index (Phi) is 6.76. The molecule has 7 heteroatoms. The highest BCUT2D eigenvalue weighted by molar-refractivity contribution is 8.02. The Hall–Kier alpha value is -0.820. The maximum atomic E-state index is 12.3. The fraction of sp³-hybridized carbons (Fsp3) is 0.786. The van der Waals surface area contributed by atoms with E-state index in [1.165, 1.54) is 48.8 Å². The minimum absolute atomic E-state index is 0.118. The number of amides is 1. The van der Waals surface area contributed by atoms with Gasteiger partial charge < -0.3 is 10.6 Å². The summed E-state index contributed by atoms with van der Waals surface area (Å²) in [4.78, 5) is 12.3. The lowest BCUT2D eigenvalue weighted by atomic mass is 10.1. The molecule has 0 bridgehead atoms. The van der Waals surface area contributed by atoms with E-state index in [1.807, 2.05) is 13.8 Å². The van der Waals surface area contributed by atoms with Gasteiger partial charge >= 0.3 is 0 Å². The van der Waals surface area contributed by atoms with Gasteiger partial charge in [0.2, 0.25) is 11.0 Å². The standard InChI is InChI=1S/C14H24N4OS2/c1-3-15-13-17-18-14(21-13)20-10(2)12(19)16-11-8-6-4-5-7-9-11/h10-11H,3-9H2,1-2H3,(H,15,17)(H,16,19)/t10-/m0/s1. The lowest BCUT2D eigenvalue weighted by Crippen LogP contribution is -2.39. The smallest absolute Gasteiger partial charge is 0.233 e. The van der Waals surface area contributed by atoms with Crippen LogP contribution in [0.25, 0.3) is 0 Å². The van der Waals surface area contributed by atoms with Gasteiger partial charge in [0.1, 0.15) is 0 Å². The second-order valence-electron chi connectivity index (χ2n) is 5.36. The predicted octanol–water partition coefficient (Wildman–Crippen LogP) is 3.29. The molecule has 5 nitrogen and oxygen atoms in total. The largest absolute Gasteiger partial charge is 0.360 e. The molecule has 1 fully saturated rings. The number of nitrogens with one attached hydrogen (secondary N) is 2. The Morgan fingerprint density at radius 2 is 2.05 bits per heavy atom. The summed E-state index contributed by atoms with van der Waals surface area (Å²) in [6.45, 7) is 4.79. The monoisotopic (exact) mass is 328 g/mol. The third-order valence-electron chi connectivity index (χ3n) is 3.58. The van der Waals surface area contributed by atoms with E-state index in [0.29, 0.717) is 6.04 Å². The highest BCUT2D eigenvalue weighted by Crippen LogP contribution is 2.29. The lowest BCUT2D eigenvalue weighted by Gasteiger charge is -2.18. The molecule has 1 saturated carbocycles.